The molecule has 0 saturated heterocycles. The molecular formula is C32H39N7O4. The van der Waals surface area contributed by atoms with Crippen molar-refractivity contribution in [1.82, 2.24) is 20.3 Å². The molecule has 0 aliphatic rings. The third-order valence-electron chi connectivity index (χ3n) is 6.11. The highest BCUT2D eigenvalue weighted by atomic mass is 16.5. The van der Waals surface area contributed by atoms with Gasteiger partial charge in [-0.3, -0.25) is 4.79 Å². The molecule has 11 heteroatoms. The van der Waals surface area contributed by atoms with E-state index in [-0.39, 0.29) is 5.91 Å². The molecule has 4 aromatic rings. The molecule has 11 nitrogen and oxygen atoms in total. The van der Waals surface area contributed by atoms with Gasteiger partial charge in [-0.2, -0.15) is 15.0 Å². The minimum absolute atomic E-state index is 0.113. The van der Waals surface area contributed by atoms with E-state index in [1.807, 2.05) is 79.7 Å². The summed E-state index contributed by atoms with van der Waals surface area (Å²) in [5, 5.41) is 9.26. The van der Waals surface area contributed by atoms with Gasteiger partial charge in [-0.15, -0.1) is 0 Å². The SMILES string of the molecule is CN(C)c1nc(NCCOCCOCCNC(=O)c2ccccc2)nc(Nc2ccc(OCCc3ccccc3)cc2)n1. The van der Waals surface area contributed by atoms with E-state index in [2.05, 4.69) is 43.0 Å². The Bertz CT molecular complexity index is 1370. The van der Waals surface area contributed by atoms with Crippen LogP contribution in [0, 0.1) is 0 Å². The highest BCUT2D eigenvalue weighted by molar-refractivity contribution is 5.94. The van der Waals surface area contributed by atoms with E-state index in [1.54, 1.807) is 12.1 Å². The van der Waals surface area contributed by atoms with Crippen LogP contribution in [0.15, 0.2) is 84.9 Å². The van der Waals surface area contributed by atoms with Crippen LogP contribution in [-0.4, -0.2) is 81.1 Å². The minimum Gasteiger partial charge on any atom is -0.493 e. The second-order valence-corrected chi connectivity index (χ2v) is 9.68. The number of hydrogen-bond acceptors (Lipinski definition) is 10. The van der Waals surface area contributed by atoms with Gasteiger partial charge in [-0.25, -0.2) is 0 Å². The van der Waals surface area contributed by atoms with Gasteiger partial charge in [0.05, 0.1) is 33.0 Å². The van der Waals surface area contributed by atoms with Gasteiger partial charge in [0, 0.05) is 44.9 Å². The molecule has 3 N–H and O–H groups in total. The maximum atomic E-state index is 12.0. The first-order valence-corrected chi connectivity index (χ1v) is 14.3. The van der Waals surface area contributed by atoms with Crippen molar-refractivity contribution in [3.8, 4) is 5.75 Å². The van der Waals surface area contributed by atoms with Crippen LogP contribution in [0.2, 0.25) is 0 Å². The Labute approximate surface area is 252 Å². The summed E-state index contributed by atoms with van der Waals surface area (Å²) < 4.78 is 17.1. The number of ether oxygens (including phenoxy) is 3. The average Bonchev–Trinajstić information content (AvgIpc) is 3.03. The summed E-state index contributed by atoms with van der Waals surface area (Å²) >= 11 is 0. The third-order valence-corrected chi connectivity index (χ3v) is 6.11. The van der Waals surface area contributed by atoms with Gasteiger partial charge >= 0.3 is 0 Å². The van der Waals surface area contributed by atoms with Crippen LogP contribution in [0.5, 0.6) is 5.75 Å². The zero-order valence-electron chi connectivity index (χ0n) is 24.7. The smallest absolute Gasteiger partial charge is 0.251 e. The molecule has 0 atom stereocenters. The van der Waals surface area contributed by atoms with Gasteiger partial charge in [0.25, 0.3) is 5.91 Å². The van der Waals surface area contributed by atoms with Crippen molar-refractivity contribution in [1.29, 1.82) is 0 Å². The van der Waals surface area contributed by atoms with Crippen molar-refractivity contribution >= 4 is 29.4 Å². The van der Waals surface area contributed by atoms with Crippen molar-refractivity contribution in [2.45, 2.75) is 6.42 Å². The van der Waals surface area contributed by atoms with Crippen LogP contribution in [0.3, 0.4) is 0 Å². The highest BCUT2D eigenvalue weighted by Crippen LogP contribution is 2.20. The number of carbonyl (C=O) groups is 1. The molecule has 4 rings (SSSR count). The Morgan fingerprint density at radius 2 is 1.37 bits per heavy atom. The molecule has 3 aromatic carbocycles. The quantitative estimate of drug-likeness (QED) is 0.147. The van der Waals surface area contributed by atoms with E-state index in [0.29, 0.717) is 69.5 Å². The molecule has 0 unspecified atom stereocenters. The minimum atomic E-state index is -0.113. The van der Waals surface area contributed by atoms with Gasteiger partial charge in [0.1, 0.15) is 5.75 Å². The van der Waals surface area contributed by atoms with Crippen molar-refractivity contribution < 1.29 is 19.0 Å². The Hall–Kier alpha value is -4.74. The van der Waals surface area contributed by atoms with E-state index < -0.39 is 0 Å². The second kappa shape index (κ2) is 17.3. The number of amides is 1. The normalized spacial score (nSPS) is 10.7. The predicted octanol–water partition coefficient (Wildman–Crippen LogP) is 4.18. The van der Waals surface area contributed by atoms with E-state index in [0.717, 1.165) is 17.9 Å². The molecular weight excluding hydrogens is 546 g/mol. The van der Waals surface area contributed by atoms with Crippen molar-refractivity contribution in [2.24, 2.45) is 0 Å². The lowest BCUT2D eigenvalue weighted by molar-refractivity contribution is 0.0519. The summed E-state index contributed by atoms with van der Waals surface area (Å²) in [5.41, 5.74) is 2.71. The van der Waals surface area contributed by atoms with Crippen LogP contribution in [0.25, 0.3) is 0 Å². The Morgan fingerprint density at radius 1 is 0.721 bits per heavy atom. The Morgan fingerprint density at radius 3 is 2.07 bits per heavy atom. The molecule has 43 heavy (non-hydrogen) atoms. The molecule has 0 bridgehead atoms. The summed E-state index contributed by atoms with van der Waals surface area (Å²) in [6.07, 6.45) is 0.851. The number of nitrogens with one attached hydrogen (secondary N) is 3. The summed E-state index contributed by atoms with van der Waals surface area (Å²) in [6.45, 7) is 3.29. The van der Waals surface area contributed by atoms with Crippen LogP contribution in [0.4, 0.5) is 23.5 Å². The zero-order chi connectivity index (χ0) is 30.1. The standard InChI is InChI=1S/C32H39N7O4/c1-39(2)32-37-30(34-19-22-42-24-23-41-21-18-33-29(40)26-11-7-4-8-12-26)36-31(38-32)35-27-13-15-28(16-14-27)43-20-17-25-9-5-3-6-10-25/h3-16H,17-24H2,1-2H3,(H,33,40)(H2,34,35,36,37,38). The van der Waals surface area contributed by atoms with Crippen molar-refractivity contribution in [2.75, 3.05) is 75.8 Å². The number of anilines is 4. The molecule has 0 radical (unpaired) electrons. The van der Waals surface area contributed by atoms with Crippen LogP contribution >= 0.6 is 0 Å². The van der Waals surface area contributed by atoms with E-state index in [4.69, 9.17) is 14.2 Å². The van der Waals surface area contributed by atoms with Crippen LogP contribution < -0.4 is 25.6 Å². The van der Waals surface area contributed by atoms with Crippen molar-refractivity contribution in [3.63, 3.8) is 0 Å². The third kappa shape index (κ3) is 11.2. The topological polar surface area (TPSA) is 123 Å². The maximum absolute atomic E-state index is 12.0. The number of carbonyl (C=O) groups excluding carboxylic acids is 1. The van der Waals surface area contributed by atoms with Crippen molar-refractivity contribution in [3.05, 3.63) is 96.1 Å². The molecule has 1 heterocycles. The molecule has 1 aromatic heterocycles. The first kappa shape index (κ1) is 31.2. The average molecular weight is 586 g/mol. The summed E-state index contributed by atoms with van der Waals surface area (Å²) in [5.74, 6) is 2.07. The molecule has 0 aliphatic carbocycles. The fraction of sp³-hybridized carbons (Fsp3) is 0.312. The highest BCUT2D eigenvalue weighted by Gasteiger charge is 2.09. The lowest BCUT2D eigenvalue weighted by atomic mass is 10.2. The Kier molecular flexibility index (Phi) is 12.5. The number of benzene rings is 3. The largest absolute Gasteiger partial charge is 0.493 e. The summed E-state index contributed by atoms with van der Waals surface area (Å²) in [7, 11) is 3.75. The van der Waals surface area contributed by atoms with Gasteiger partial charge in [0.15, 0.2) is 0 Å². The molecule has 226 valence electrons. The predicted molar refractivity (Wildman–Crippen MR) is 168 cm³/mol. The zero-order valence-corrected chi connectivity index (χ0v) is 24.7. The Balaban J connectivity index is 1.13. The lowest BCUT2D eigenvalue weighted by Gasteiger charge is -2.14. The number of hydrogen-bond donors (Lipinski definition) is 3. The number of rotatable bonds is 18. The van der Waals surface area contributed by atoms with E-state index in [1.165, 1.54) is 5.56 Å². The maximum Gasteiger partial charge on any atom is 0.251 e. The van der Waals surface area contributed by atoms with Gasteiger partial charge in [0.2, 0.25) is 17.8 Å². The molecule has 0 aliphatic heterocycles. The van der Waals surface area contributed by atoms with Gasteiger partial charge in [-0.05, 0) is 42.0 Å². The molecule has 0 fully saturated rings. The van der Waals surface area contributed by atoms with E-state index in [9.17, 15) is 4.79 Å². The van der Waals surface area contributed by atoms with Gasteiger partial charge in [-0.1, -0.05) is 48.5 Å². The molecule has 1 amide bonds. The fourth-order valence-electron chi connectivity index (χ4n) is 3.88. The first-order chi connectivity index (χ1) is 21.1. The fourth-order valence-corrected chi connectivity index (χ4v) is 3.88. The van der Waals surface area contributed by atoms with E-state index >= 15 is 0 Å². The van der Waals surface area contributed by atoms with Crippen LogP contribution in [-0.2, 0) is 15.9 Å². The number of aromatic nitrogens is 3. The lowest BCUT2D eigenvalue weighted by Crippen LogP contribution is -2.27. The summed E-state index contributed by atoms with van der Waals surface area (Å²) in [4.78, 5) is 27.3. The van der Waals surface area contributed by atoms with Gasteiger partial charge < -0.3 is 35.1 Å². The van der Waals surface area contributed by atoms with Crippen LogP contribution in [0.1, 0.15) is 15.9 Å². The first-order valence-electron chi connectivity index (χ1n) is 14.3. The summed E-state index contributed by atoms with van der Waals surface area (Å²) in [6, 6.07) is 27.1. The molecule has 0 saturated carbocycles. The number of nitrogens with zero attached hydrogens (tertiary/aromatic N) is 4. The monoisotopic (exact) mass is 585 g/mol. The molecule has 0 spiro atoms. The second-order valence-electron chi connectivity index (χ2n) is 9.68.